The summed E-state index contributed by atoms with van der Waals surface area (Å²) in [5, 5.41) is 13.7. The summed E-state index contributed by atoms with van der Waals surface area (Å²) in [6.45, 7) is 2.19. The molecule has 28 heavy (non-hydrogen) atoms. The topological polar surface area (TPSA) is 79.5 Å². The third kappa shape index (κ3) is 3.31. The standard InChI is InChI=1S/C23H21NO4/c1-14-7-9-15(10-8-14)21-17-5-2-6-20(25)18(17)12-19(22(21)26)23(27)24-13-16-4-3-11-28-16/h3-4,7-12,26H,2,5-6,13H2,1H3,(H,24,27). The maximum atomic E-state index is 12.8. The summed E-state index contributed by atoms with van der Waals surface area (Å²) in [4.78, 5) is 25.3. The van der Waals surface area contributed by atoms with Gasteiger partial charge in [-0.1, -0.05) is 29.8 Å². The van der Waals surface area contributed by atoms with Crippen LogP contribution in [0.3, 0.4) is 0 Å². The van der Waals surface area contributed by atoms with Gasteiger partial charge in [0.2, 0.25) is 0 Å². The van der Waals surface area contributed by atoms with E-state index < -0.39 is 5.91 Å². The van der Waals surface area contributed by atoms with E-state index >= 15 is 0 Å². The summed E-state index contributed by atoms with van der Waals surface area (Å²) >= 11 is 0. The van der Waals surface area contributed by atoms with Crippen molar-refractivity contribution in [2.45, 2.75) is 32.7 Å². The van der Waals surface area contributed by atoms with Gasteiger partial charge >= 0.3 is 0 Å². The van der Waals surface area contributed by atoms with E-state index in [-0.39, 0.29) is 23.6 Å². The van der Waals surface area contributed by atoms with Crippen molar-refractivity contribution in [1.29, 1.82) is 0 Å². The van der Waals surface area contributed by atoms with Gasteiger partial charge in [-0.2, -0.15) is 0 Å². The van der Waals surface area contributed by atoms with E-state index in [1.54, 1.807) is 12.1 Å². The Balaban J connectivity index is 1.79. The van der Waals surface area contributed by atoms with Gasteiger partial charge < -0.3 is 14.8 Å². The molecule has 0 aliphatic heterocycles. The number of carbonyl (C=O) groups is 2. The molecule has 1 aliphatic carbocycles. The van der Waals surface area contributed by atoms with Crippen molar-refractivity contribution in [1.82, 2.24) is 5.32 Å². The van der Waals surface area contributed by atoms with Gasteiger partial charge in [0, 0.05) is 17.5 Å². The van der Waals surface area contributed by atoms with Gasteiger partial charge in [0.25, 0.3) is 5.91 Å². The molecular weight excluding hydrogens is 354 g/mol. The number of aryl methyl sites for hydroxylation is 1. The average Bonchev–Trinajstić information content (AvgIpc) is 3.21. The zero-order valence-corrected chi connectivity index (χ0v) is 15.6. The Hall–Kier alpha value is -3.34. The number of fused-ring (bicyclic) bond motifs is 1. The van der Waals surface area contributed by atoms with E-state index in [1.165, 1.54) is 12.3 Å². The van der Waals surface area contributed by atoms with E-state index in [0.717, 1.165) is 23.1 Å². The highest BCUT2D eigenvalue weighted by atomic mass is 16.3. The number of rotatable bonds is 4. The van der Waals surface area contributed by atoms with Gasteiger partial charge in [-0.3, -0.25) is 9.59 Å². The highest BCUT2D eigenvalue weighted by molar-refractivity contribution is 6.07. The highest BCUT2D eigenvalue weighted by Gasteiger charge is 2.27. The largest absolute Gasteiger partial charge is 0.506 e. The second-order valence-electron chi connectivity index (χ2n) is 7.08. The molecule has 0 fully saturated rings. The van der Waals surface area contributed by atoms with Crippen molar-refractivity contribution in [2.24, 2.45) is 0 Å². The molecule has 5 heteroatoms. The number of hydrogen-bond acceptors (Lipinski definition) is 4. The van der Waals surface area contributed by atoms with Crippen LogP contribution in [0.2, 0.25) is 0 Å². The number of hydrogen-bond donors (Lipinski definition) is 2. The maximum absolute atomic E-state index is 12.8. The fourth-order valence-corrected chi connectivity index (χ4v) is 3.66. The molecule has 0 atom stereocenters. The van der Waals surface area contributed by atoms with Crippen LogP contribution in [0.5, 0.6) is 5.75 Å². The monoisotopic (exact) mass is 375 g/mol. The summed E-state index contributed by atoms with van der Waals surface area (Å²) in [6.07, 6.45) is 3.44. The Labute approximate surface area is 163 Å². The number of benzene rings is 2. The van der Waals surface area contributed by atoms with Crippen LogP contribution in [0.25, 0.3) is 11.1 Å². The van der Waals surface area contributed by atoms with Crippen molar-refractivity contribution in [2.75, 3.05) is 0 Å². The number of carbonyl (C=O) groups excluding carboxylic acids is 2. The predicted molar refractivity (Wildman–Crippen MR) is 105 cm³/mol. The molecule has 0 spiro atoms. The van der Waals surface area contributed by atoms with Crippen LogP contribution in [0.15, 0.2) is 53.1 Å². The van der Waals surface area contributed by atoms with Crippen molar-refractivity contribution in [3.63, 3.8) is 0 Å². The van der Waals surface area contributed by atoms with E-state index in [0.29, 0.717) is 29.7 Å². The lowest BCUT2D eigenvalue weighted by molar-refractivity contribution is 0.0945. The lowest BCUT2D eigenvalue weighted by atomic mass is 9.82. The molecule has 1 aliphatic rings. The molecule has 4 rings (SSSR count). The fraction of sp³-hybridized carbons (Fsp3) is 0.217. The summed E-state index contributed by atoms with van der Waals surface area (Å²) in [7, 11) is 0. The normalized spacial score (nSPS) is 13.2. The van der Waals surface area contributed by atoms with E-state index in [2.05, 4.69) is 5.32 Å². The van der Waals surface area contributed by atoms with Crippen molar-refractivity contribution < 1.29 is 19.1 Å². The Morgan fingerprint density at radius 2 is 1.96 bits per heavy atom. The Morgan fingerprint density at radius 3 is 2.68 bits per heavy atom. The summed E-state index contributed by atoms with van der Waals surface area (Å²) in [5.41, 5.74) is 3.93. The molecule has 1 aromatic heterocycles. The molecule has 2 aromatic carbocycles. The minimum atomic E-state index is -0.441. The van der Waals surface area contributed by atoms with Crippen molar-refractivity contribution >= 4 is 11.7 Å². The number of amides is 1. The zero-order chi connectivity index (χ0) is 19.7. The third-order valence-electron chi connectivity index (χ3n) is 5.13. The van der Waals surface area contributed by atoms with E-state index in [9.17, 15) is 14.7 Å². The first kappa shape index (κ1) is 18.0. The first-order valence-corrected chi connectivity index (χ1v) is 9.34. The number of phenols is 1. The second kappa shape index (κ2) is 7.35. The first-order valence-electron chi connectivity index (χ1n) is 9.34. The lowest BCUT2D eigenvalue weighted by Gasteiger charge is -2.22. The summed E-state index contributed by atoms with van der Waals surface area (Å²) in [5.74, 6) is 0.0908. The van der Waals surface area contributed by atoms with Crippen LogP contribution in [-0.4, -0.2) is 16.8 Å². The van der Waals surface area contributed by atoms with Crippen LogP contribution < -0.4 is 5.32 Å². The van der Waals surface area contributed by atoms with Gasteiger partial charge in [0.15, 0.2) is 5.78 Å². The van der Waals surface area contributed by atoms with Gasteiger partial charge in [0.1, 0.15) is 11.5 Å². The smallest absolute Gasteiger partial charge is 0.255 e. The molecule has 0 unspecified atom stereocenters. The molecule has 1 heterocycles. The quantitative estimate of drug-likeness (QED) is 0.708. The average molecular weight is 375 g/mol. The molecule has 3 aromatic rings. The van der Waals surface area contributed by atoms with Crippen LogP contribution >= 0.6 is 0 Å². The van der Waals surface area contributed by atoms with Crippen LogP contribution in [0.1, 0.15) is 50.4 Å². The number of furan rings is 1. The zero-order valence-electron chi connectivity index (χ0n) is 15.6. The minimum Gasteiger partial charge on any atom is -0.506 e. The number of Topliss-reactive ketones (excluding diaryl/α,β-unsaturated/α-hetero) is 1. The van der Waals surface area contributed by atoms with Crippen molar-refractivity contribution in [3.05, 3.63) is 76.7 Å². The highest BCUT2D eigenvalue weighted by Crippen LogP contribution is 2.40. The molecule has 0 bridgehead atoms. The fourth-order valence-electron chi connectivity index (χ4n) is 3.66. The molecule has 142 valence electrons. The number of ketones is 1. The lowest BCUT2D eigenvalue weighted by Crippen LogP contribution is -2.24. The van der Waals surface area contributed by atoms with Gasteiger partial charge in [0.05, 0.1) is 18.4 Å². The van der Waals surface area contributed by atoms with Gasteiger partial charge in [-0.05, 0) is 49.1 Å². The third-order valence-corrected chi connectivity index (χ3v) is 5.13. The molecule has 1 amide bonds. The van der Waals surface area contributed by atoms with E-state index in [1.807, 2.05) is 31.2 Å². The number of aromatic hydroxyl groups is 1. The molecule has 0 saturated carbocycles. The van der Waals surface area contributed by atoms with Crippen molar-refractivity contribution in [3.8, 4) is 16.9 Å². The van der Waals surface area contributed by atoms with Gasteiger partial charge in [-0.15, -0.1) is 0 Å². The molecule has 0 radical (unpaired) electrons. The van der Waals surface area contributed by atoms with E-state index in [4.69, 9.17) is 4.42 Å². The summed E-state index contributed by atoms with van der Waals surface area (Å²) < 4.78 is 5.23. The molecule has 2 N–H and O–H groups in total. The summed E-state index contributed by atoms with van der Waals surface area (Å²) in [6, 6.07) is 12.8. The first-order chi connectivity index (χ1) is 13.5. The van der Waals surface area contributed by atoms with Gasteiger partial charge in [-0.25, -0.2) is 0 Å². The Bertz CT molecular complexity index is 1030. The Morgan fingerprint density at radius 1 is 1.18 bits per heavy atom. The SMILES string of the molecule is Cc1ccc(-c2c(O)c(C(=O)NCc3ccco3)cc3c2CCCC3=O)cc1. The second-order valence-corrected chi connectivity index (χ2v) is 7.08. The minimum absolute atomic E-state index is 0.00898. The number of nitrogens with one attached hydrogen (secondary N) is 1. The Kier molecular flexibility index (Phi) is 4.74. The molecule has 0 saturated heterocycles. The van der Waals surface area contributed by atoms with Crippen LogP contribution in [0, 0.1) is 6.92 Å². The molecular formula is C23H21NO4. The number of phenolic OH excluding ortho intramolecular Hbond substituents is 1. The van der Waals surface area contributed by atoms with Crippen LogP contribution in [0.4, 0.5) is 0 Å². The molecule has 5 nitrogen and oxygen atoms in total. The predicted octanol–water partition coefficient (Wildman–Crippen LogP) is 4.41. The maximum Gasteiger partial charge on any atom is 0.255 e. The van der Waals surface area contributed by atoms with Crippen LogP contribution in [-0.2, 0) is 13.0 Å².